The van der Waals surface area contributed by atoms with E-state index in [1.807, 2.05) is 13.8 Å². The van der Waals surface area contributed by atoms with Crippen LogP contribution < -0.4 is 0 Å². The molecule has 0 fully saturated rings. The number of ether oxygens (including phenoxy) is 5. The lowest BCUT2D eigenvalue weighted by Crippen LogP contribution is -2.41. The number of phosphoric acid groups is 1. The minimum Gasteiger partial charge on any atom is -0.465 e. The highest BCUT2D eigenvalue weighted by atomic mass is 31.2. The molecule has 0 saturated heterocycles. The maximum absolute atomic E-state index is 12.3. The zero-order chi connectivity index (χ0) is 30.6. The van der Waals surface area contributed by atoms with Crippen molar-refractivity contribution in [2.45, 2.75) is 92.3 Å². The van der Waals surface area contributed by atoms with E-state index < -0.39 is 43.9 Å². The third-order valence-electron chi connectivity index (χ3n) is 5.31. The van der Waals surface area contributed by atoms with Gasteiger partial charge < -0.3 is 28.6 Å². The molecule has 1 N–H and O–H groups in total. The van der Waals surface area contributed by atoms with Crippen molar-refractivity contribution >= 4 is 31.5 Å². The second-order valence-corrected chi connectivity index (χ2v) is 11.3. The van der Waals surface area contributed by atoms with Crippen molar-refractivity contribution in [1.29, 1.82) is 0 Å². The standard InChI is InChI=1S/C26H47O13P/c1-7-23(28)36-19-26(5,6)22(39-24(29)8-2)18-38-40(31,32)37-14-10-12-25(30)34-16-15-33-13-9-11-21(27)17-35-20(3)4/h20,22H,7-19H2,1-6H3,(H,31,32). The van der Waals surface area contributed by atoms with E-state index in [1.165, 1.54) is 0 Å². The molecule has 0 aliphatic carbocycles. The fraction of sp³-hybridized carbons (Fsp3) is 0.846. The van der Waals surface area contributed by atoms with Gasteiger partial charge in [-0.25, -0.2) is 4.57 Å². The molecule has 0 aliphatic heterocycles. The van der Waals surface area contributed by atoms with Crippen LogP contribution in [0.5, 0.6) is 0 Å². The third kappa shape index (κ3) is 20.1. The Kier molecular flexibility index (Phi) is 19.9. The van der Waals surface area contributed by atoms with E-state index in [-0.39, 0.29) is 70.6 Å². The lowest BCUT2D eigenvalue weighted by atomic mass is 9.87. The summed E-state index contributed by atoms with van der Waals surface area (Å²) in [6, 6.07) is 0. The molecule has 0 rings (SSSR count). The van der Waals surface area contributed by atoms with Gasteiger partial charge in [0.1, 0.15) is 19.3 Å². The van der Waals surface area contributed by atoms with E-state index in [2.05, 4.69) is 0 Å². The van der Waals surface area contributed by atoms with Crippen molar-refractivity contribution in [2.75, 3.05) is 46.2 Å². The molecule has 0 amide bonds. The van der Waals surface area contributed by atoms with E-state index in [0.29, 0.717) is 19.4 Å². The van der Waals surface area contributed by atoms with Gasteiger partial charge in [0, 0.05) is 37.7 Å². The van der Waals surface area contributed by atoms with Crippen LogP contribution in [0.4, 0.5) is 0 Å². The molecule has 0 aromatic rings. The SMILES string of the molecule is CCC(=O)OCC(C)(C)C(COP(=O)(O)OCCCC(=O)OCCOCCCC(=O)COC(C)C)OC(=O)CC. The summed E-state index contributed by atoms with van der Waals surface area (Å²) in [5, 5.41) is 0. The van der Waals surface area contributed by atoms with E-state index >= 15 is 0 Å². The van der Waals surface area contributed by atoms with Crippen LogP contribution in [0.25, 0.3) is 0 Å². The maximum atomic E-state index is 12.3. The largest absolute Gasteiger partial charge is 0.472 e. The van der Waals surface area contributed by atoms with E-state index in [9.17, 15) is 28.6 Å². The molecule has 0 spiro atoms. The van der Waals surface area contributed by atoms with Crippen LogP contribution in [-0.4, -0.2) is 87.0 Å². The number of rotatable bonds is 24. The second-order valence-electron chi connectivity index (χ2n) is 9.87. The summed E-state index contributed by atoms with van der Waals surface area (Å²) in [4.78, 5) is 56.8. The number of esters is 3. The van der Waals surface area contributed by atoms with Crippen LogP contribution >= 0.6 is 7.82 Å². The molecule has 0 saturated carbocycles. The fourth-order valence-electron chi connectivity index (χ4n) is 2.81. The first-order valence-corrected chi connectivity index (χ1v) is 15.1. The van der Waals surface area contributed by atoms with Crippen molar-refractivity contribution in [1.82, 2.24) is 0 Å². The first kappa shape index (κ1) is 38.1. The average Bonchev–Trinajstić information content (AvgIpc) is 2.89. The summed E-state index contributed by atoms with van der Waals surface area (Å²) >= 11 is 0. The van der Waals surface area contributed by atoms with Crippen LogP contribution in [0, 0.1) is 5.41 Å². The van der Waals surface area contributed by atoms with Crippen molar-refractivity contribution in [3.8, 4) is 0 Å². The average molecular weight is 599 g/mol. The number of Topliss-reactive ketones (excluding diaryl/α,β-unsaturated/α-hetero) is 1. The van der Waals surface area contributed by atoms with Gasteiger partial charge in [-0.05, 0) is 26.7 Å². The highest BCUT2D eigenvalue weighted by Crippen LogP contribution is 2.44. The number of carbonyl (C=O) groups excluding carboxylic acids is 4. The lowest BCUT2D eigenvalue weighted by molar-refractivity contribution is -0.164. The molecule has 40 heavy (non-hydrogen) atoms. The zero-order valence-electron chi connectivity index (χ0n) is 24.6. The minimum atomic E-state index is -4.53. The summed E-state index contributed by atoms with van der Waals surface area (Å²) in [6.07, 6.45) is 0.185. The number of ketones is 1. The maximum Gasteiger partial charge on any atom is 0.472 e. The monoisotopic (exact) mass is 598 g/mol. The van der Waals surface area contributed by atoms with Gasteiger partial charge >= 0.3 is 25.7 Å². The molecule has 0 radical (unpaired) electrons. The van der Waals surface area contributed by atoms with Crippen LogP contribution in [0.3, 0.4) is 0 Å². The number of carbonyl (C=O) groups is 4. The van der Waals surface area contributed by atoms with Crippen LogP contribution in [0.1, 0.15) is 80.1 Å². The molecular weight excluding hydrogens is 551 g/mol. The third-order valence-corrected chi connectivity index (χ3v) is 6.29. The van der Waals surface area contributed by atoms with Crippen molar-refractivity contribution in [3.63, 3.8) is 0 Å². The molecule has 14 heteroatoms. The Bertz CT molecular complexity index is 812. The Morgan fingerprint density at radius 3 is 2.10 bits per heavy atom. The first-order valence-electron chi connectivity index (χ1n) is 13.6. The van der Waals surface area contributed by atoms with Gasteiger partial charge in [0.15, 0.2) is 5.78 Å². The Hall–Kier alpha value is -1.89. The predicted octanol–water partition coefficient (Wildman–Crippen LogP) is 3.54. The van der Waals surface area contributed by atoms with Gasteiger partial charge in [-0.2, -0.15) is 0 Å². The number of hydrogen-bond donors (Lipinski definition) is 1. The van der Waals surface area contributed by atoms with Gasteiger partial charge in [-0.1, -0.05) is 27.7 Å². The van der Waals surface area contributed by atoms with Gasteiger partial charge in [-0.3, -0.25) is 28.2 Å². The Morgan fingerprint density at radius 1 is 0.825 bits per heavy atom. The van der Waals surface area contributed by atoms with Gasteiger partial charge in [-0.15, -0.1) is 0 Å². The molecule has 234 valence electrons. The summed E-state index contributed by atoms with van der Waals surface area (Å²) < 4.78 is 48.3. The highest BCUT2D eigenvalue weighted by Gasteiger charge is 2.37. The zero-order valence-corrected chi connectivity index (χ0v) is 25.5. The minimum absolute atomic E-state index is 0.00191. The highest BCUT2D eigenvalue weighted by molar-refractivity contribution is 7.47. The van der Waals surface area contributed by atoms with Crippen molar-refractivity contribution < 1.29 is 61.4 Å². The molecule has 0 bridgehead atoms. The van der Waals surface area contributed by atoms with Gasteiger partial charge in [0.05, 0.1) is 32.5 Å². The normalized spacial score (nSPS) is 13.9. The molecule has 0 aliphatic rings. The van der Waals surface area contributed by atoms with Crippen molar-refractivity contribution in [3.05, 3.63) is 0 Å². The summed E-state index contributed by atoms with van der Waals surface area (Å²) in [5.41, 5.74) is -0.914. The van der Waals surface area contributed by atoms with Gasteiger partial charge in [0.2, 0.25) is 0 Å². The van der Waals surface area contributed by atoms with E-state index in [4.69, 9.17) is 32.7 Å². The van der Waals surface area contributed by atoms with E-state index in [0.717, 1.165) is 0 Å². The lowest BCUT2D eigenvalue weighted by Gasteiger charge is -2.33. The Morgan fingerprint density at radius 2 is 1.48 bits per heavy atom. The summed E-state index contributed by atoms with van der Waals surface area (Å²) in [6.45, 7) is 10.1. The van der Waals surface area contributed by atoms with Crippen LogP contribution in [0.2, 0.25) is 0 Å². The summed E-state index contributed by atoms with van der Waals surface area (Å²) in [7, 11) is -4.53. The molecule has 13 nitrogen and oxygen atoms in total. The smallest absolute Gasteiger partial charge is 0.465 e. The molecule has 0 heterocycles. The number of phosphoric ester groups is 1. The van der Waals surface area contributed by atoms with E-state index in [1.54, 1.807) is 27.7 Å². The molecule has 0 aromatic heterocycles. The quantitative estimate of drug-likeness (QED) is 0.0741. The molecule has 0 aromatic carbocycles. The first-order chi connectivity index (χ1) is 18.7. The van der Waals surface area contributed by atoms with Gasteiger partial charge in [0.25, 0.3) is 0 Å². The number of hydrogen-bond acceptors (Lipinski definition) is 12. The molecule has 2 atom stereocenters. The second kappa shape index (κ2) is 20.9. The molecular formula is C26H47O13P. The summed E-state index contributed by atoms with van der Waals surface area (Å²) in [5.74, 6) is -1.52. The fourth-order valence-corrected chi connectivity index (χ4v) is 3.57. The van der Waals surface area contributed by atoms with Crippen molar-refractivity contribution in [2.24, 2.45) is 5.41 Å². The topological polar surface area (TPSA) is 170 Å². The molecule has 2 unspecified atom stereocenters. The Balaban J connectivity index is 4.26. The van der Waals surface area contributed by atoms with Crippen LogP contribution in [-0.2, 0) is 56.5 Å². The van der Waals surface area contributed by atoms with Crippen LogP contribution in [0.15, 0.2) is 0 Å². The Labute approximate surface area is 237 Å². The predicted molar refractivity (Wildman–Crippen MR) is 143 cm³/mol.